The molecular weight excluding hydrogens is 641 g/mol. The van der Waals surface area contributed by atoms with E-state index >= 15 is 0 Å². The first kappa shape index (κ1) is 27.3. The SMILES string of the molecule is c1ccc(-c2nc(-c3ccc(-n4c5ccccc5c5c6c7ccccc7n7c8ccccc8c(cc54)c67)cc3)nc3c2sc2ccccc23)cc1. The molecule has 5 aromatic heterocycles. The molecule has 0 bridgehead atoms. The van der Waals surface area contributed by atoms with Crippen molar-refractivity contribution in [1.29, 1.82) is 0 Å². The van der Waals surface area contributed by atoms with Gasteiger partial charge in [0.1, 0.15) is 0 Å². The maximum atomic E-state index is 5.23. The number of thiophene rings is 1. The summed E-state index contributed by atoms with van der Waals surface area (Å²) in [5, 5.41) is 8.88. The minimum absolute atomic E-state index is 0.734. The third-order valence-electron chi connectivity index (χ3n) is 10.7. The van der Waals surface area contributed by atoms with Crippen LogP contribution in [0.1, 0.15) is 0 Å². The number of fused-ring (bicyclic) bond motifs is 13. The molecule has 0 unspecified atom stereocenters. The Bertz CT molecular complexity index is 3350. The molecule has 0 aliphatic carbocycles. The van der Waals surface area contributed by atoms with Gasteiger partial charge in [-0.3, -0.25) is 0 Å². The van der Waals surface area contributed by atoms with Crippen molar-refractivity contribution in [1.82, 2.24) is 18.9 Å². The number of para-hydroxylation sites is 3. The van der Waals surface area contributed by atoms with E-state index in [1.807, 2.05) is 0 Å². The van der Waals surface area contributed by atoms with Crippen LogP contribution in [-0.4, -0.2) is 18.9 Å². The number of hydrogen-bond acceptors (Lipinski definition) is 3. The van der Waals surface area contributed by atoms with Crippen molar-refractivity contribution in [3.05, 3.63) is 158 Å². The van der Waals surface area contributed by atoms with Gasteiger partial charge in [-0.25, -0.2) is 9.97 Å². The highest BCUT2D eigenvalue weighted by atomic mass is 32.1. The van der Waals surface area contributed by atoms with Crippen LogP contribution in [0.25, 0.3) is 109 Å². The predicted octanol–water partition coefficient (Wildman–Crippen LogP) is 12.4. The first-order valence-electron chi connectivity index (χ1n) is 17.3. The summed E-state index contributed by atoms with van der Waals surface area (Å²) in [5.74, 6) is 0.734. The van der Waals surface area contributed by atoms with E-state index in [1.165, 1.54) is 70.0 Å². The molecule has 236 valence electrons. The zero-order valence-corrected chi connectivity index (χ0v) is 28.0. The molecule has 5 heterocycles. The summed E-state index contributed by atoms with van der Waals surface area (Å²) in [4.78, 5) is 10.4. The molecule has 4 nitrogen and oxygen atoms in total. The summed E-state index contributed by atoms with van der Waals surface area (Å²) < 4.78 is 7.24. The Hall–Kier alpha value is -6.56. The molecule has 5 heteroatoms. The van der Waals surface area contributed by atoms with E-state index in [0.717, 1.165) is 38.5 Å². The maximum absolute atomic E-state index is 5.23. The van der Waals surface area contributed by atoms with Crippen molar-refractivity contribution < 1.29 is 0 Å². The molecular formula is C46H26N4S. The smallest absolute Gasteiger partial charge is 0.160 e. The van der Waals surface area contributed by atoms with Gasteiger partial charge in [0.25, 0.3) is 0 Å². The number of nitrogens with zero attached hydrogens (tertiary/aromatic N) is 4. The Morgan fingerprint density at radius 1 is 0.451 bits per heavy atom. The second-order valence-corrected chi connectivity index (χ2v) is 14.4. The van der Waals surface area contributed by atoms with Gasteiger partial charge in [0, 0.05) is 59.2 Å². The lowest BCUT2D eigenvalue weighted by Crippen LogP contribution is -1.96. The molecule has 0 spiro atoms. The lowest BCUT2D eigenvalue weighted by atomic mass is 10.0. The van der Waals surface area contributed by atoms with Crippen molar-refractivity contribution in [2.24, 2.45) is 0 Å². The van der Waals surface area contributed by atoms with Gasteiger partial charge >= 0.3 is 0 Å². The lowest BCUT2D eigenvalue weighted by Gasteiger charge is -2.10. The quantitative estimate of drug-likeness (QED) is 0.188. The van der Waals surface area contributed by atoms with E-state index in [0.29, 0.717) is 0 Å². The Morgan fingerprint density at radius 2 is 1.08 bits per heavy atom. The van der Waals surface area contributed by atoms with Gasteiger partial charge in [-0.2, -0.15) is 0 Å². The Labute approximate surface area is 295 Å². The Morgan fingerprint density at radius 3 is 1.86 bits per heavy atom. The maximum Gasteiger partial charge on any atom is 0.160 e. The summed E-state index contributed by atoms with van der Waals surface area (Å²) >= 11 is 1.76. The molecule has 7 aromatic carbocycles. The first-order valence-corrected chi connectivity index (χ1v) is 18.1. The van der Waals surface area contributed by atoms with E-state index in [4.69, 9.17) is 9.97 Å². The Balaban J connectivity index is 1.12. The predicted molar refractivity (Wildman–Crippen MR) is 215 cm³/mol. The average molecular weight is 667 g/mol. The van der Waals surface area contributed by atoms with Crippen molar-refractivity contribution in [3.8, 4) is 28.3 Å². The first-order chi connectivity index (χ1) is 25.3. The van der Waals surface area contributed by atoms with Crippen LogP contribution in [0.5, 0.6) is 0 Å². The van der Waals surface area contributed by atoms with Gasteiger partial charge in [-0.1, -0.05) is 103 Å². The highest BCUT2D eigenvalue weighted by Gasteiger charge is 2.24. The van der Waals surface area contributed by atoms with Crippen LogP contribution in [-0.2, 0) is 0 Å². The highest BCUT2D eigenvalue weighted by Crippen LogP contribution is 2.47. The highest BCUT2D eigenvalue weighted by molar-refractivity contribution is 7.26. The summed E-state index contributed by atoms with van der Waals surface area (Å²) in [7, 11) is 0. The normalized spacial score (nSPS) is 12.3. The summed E-state index contributed by atoms with van der Waals surface area (Å²) in [6.45, 7) is 0. The molecule has 0 fully saturated rings. The van der Waals surface area contributed by atoms with Crippen LogP contribution < -0.4 is 0 Å². The molecule has 0 N–H and O–H groups in total. The van der Waals surface area contributed by atoms with Gasteiger partial charge in [0.2, 0.25) is 0 Å². The van der Waals surface area contributed by atoms with E-state index < -0.39 is 0 Å². The van der Waals surface area contributed by atoms with Crippen LogP contribution in [0.15, 0.2) is 158 Å². The number of aromatic nitrogens is 4. The molecule has 0 atom stereocenters. The monoisotopic (exact) mass is 666 g/mol. The fraction of sp³-hybridized carbons (Fsp3) is 0. The van der Waals surface area contributed by atoms with Gasteiger partial charge in [0.15, 0.2) is 5.82 Å². The van der Waals surface area contributed by atoms with Crippen LogP contribution in [0.3, 0.4) is 0 Å². The van der Waals surface area contributed by atoms with Crippen molar-refractivity contribution in [3.63, 3.8) is 0 Å². The molecule has 51 heavy (non-hydrogen) atoms. The molecule has 12 rings (SSSR count). The number of rotatable bonds is 3. The molecule has 0 aliphatic rings. The van der Waals surface area contributed by atoms with Gasteiger partial charge in [-0.15, -0.1) is 11.3 Å². The van der Waals surface area contributed by atoms with Crippen LogP contribution in [0, 0.1) is 0 Å². The van der Waals surface area contributed by atoms with Gasteiger partial charge < -0.3 is 8.97 Å². The third-order valence-corrected chi connectivity index (χ3v) is 11.8. The molecule has 12 aromatic rings. The van der Waals surface area contributed by atoms with Crippen LogP contribution >= 0.6 is 11.3 Å². The largest absolute Gasteiger partial charge is 0.309 e. The summed E-state index contributed by atoms with van der Waals surface area (Å²) in [5.41, 5.74) is 11.4. The summed E-state index contributed by atoms with van der Waals surface area (Å²) in [6.07, 6.45) is 0. The molecule has 0 saturated carbocycles. The van der Waals surface area contributed by atoms with E-state index in [-0.39, 0.29) is 0 Å². The minimum atomic E-state index is 0.734. The Kier molecular flexibility index (Phi) is 5.35. The fourth-order valence-corrected chi connectivity index (χ4v) is 9.67. The average Bonchev–Trinajstić information content (AvgIpc) is 3.93. The molecule has 0 aliphatic heterocycles. The zero-order valence-electron chi connectivity index (χ0n) is 27.2. The summed E-state index contributed by atoms with van der Waals surface area (Å²) in [6, 6.07) is 56.7. The topological polar surface area (TPSA) is 35.1 Å². The number of hydrogen-bond donors (Lipinski definition) is 0. The molecule has 0 amide bonds. The van der Waals surface area contributed by atoms with E-state index in [1.54, 1.807) is 11.3 Å². The van der Waals surface area contributed by atoms with E-state index in [9.17, 15) is 0 Å². The minimum Gasteiger partial charge on any atom is -0.309 e. The standard InChI is InChI=1S/C46H26N4S/c1-2-12-27(13-3-1)42-45-43(33-17-7-11-21-39(33)51-45)48-46(47-42)28-22-24-29(25-23-28)49-36-19-9-5-15-31(36)40-38(49)26-34-30-14-4-8-18-35(30)50-37-20-10-6-16-32(37)41(40)44(34)50/h1-26H. The second-order valence-electron chi connectivity index (χ2n) is 13.3. The van der Waals surface area contributed by atoms with Crippen molar-refractivity contribution >= 4 is 91.5 Å². The zero-order chi connectivity index (χ0) is 33.2. The van der Waals surface area contributed by atoms with E-state index in [2.05, 4.69) is 167 Å². The van der Waals surface area contributed by atoms with Gasteiger partial charge in [-0.05, 0) is 54.6 Å². The third kappa shape index (κ3) is 3.63. The molecule has 0 saturated heterocycles. The number of benzene rings is 7. The lowest BCUT2D eigenvalue weighted by molar-refractivity contribution is 1.18. The van der Waals surface area contributed by atoms with Crippen LogP contribution in [0.4, 0.5) is 0 Å². The second kappa shape index (κ2) is 10.0. The van der Waals surface area contributed by atoms with Crippen molar-refractivity contribution in [2.75, 3.05) is 0 Å². The van der Waals surface area contributed by atoms with Gasteiger partial charge in [0.05, 0.1) is 43.5 Å². The molecule has 0 radical (unpaired) electrons. The van der Waals surface area contributed by atoms with Crippen molar-refractivity contribution in [2.45, 2.75) is 0 Å². The van der Waals surface area contributed by atoms with Crippen LogP contribution in [0.2, 0.25) is 0 Å². The fourth-order valence-electron chi connectivity index (χ4n) is 8.51.